The molecule has 0 aliphatic carbocycles. The summed E-state index contributed by atoms with van der Waals surface area (Å²) in [5.41, 5.74) is 2.25. The van der Waals surface area contributed by atoms with Gasteiger partial charge in [0.05, 0.1) is 6.10 Å². The molecule has 0 bridgehead atoms. The Labute approximate surface area is 95.7 Å². The molecule has 0 heterocycles. The Bertz CT molecular complexity index is 333. The topological polar surface area (TPSA) is 61.4 Å². The van der Waals surface area contributed by atoms with Gasteiger partial charge in [-0.1, -0.05) is 29.8 Å². The lowest BCUT2D eigenvalue weighted by molar-refractivity contribution is 0.187. The van der Waals surface area contributed by atoms with Crippen molar-refractivity contribution in [2.24, 2.45) is 0 Å². The Morgan fingerprint density at radius 2 is 1.94 bits per heavy atom. The summed E-state index contributed by atoms with van der Waals surface area (Å²) in [5.74, 6) is 0. The van der Waals surface area contributed by atoms with Crippen molar-refractivity contribution in [2.75, 3.05) is 6.54 Å². The zero-order chi connectivity index (χ0) is 12.0. The zero-order valence-electron chi connectivity index (χ0n) is 9.66. The van der Waals surface area contributed by atoms with Crippen molar-refractivity contribution < 1.29 is 9.90 Å². The lowest BCUT2D eigenvalue weighted by Gasteiger charge is -2.09. The van der Waals surface area contributed by atoms with Crippen LogP contribution in [0.2, 0.25) is 0 Å². The number of carbonyl (C=O) groups is 1. The number of aryl methyl sites for hydroxylation is 1. The first kappa shape index (κ1) is 12.5. The molecule has 0 saturated heterocycles. The second-order valence-electron chi connectivity index (χ2n) is 3.90. The average molecular weight is 222 g/mol. The Morgan fingerprint density at radius 3 is 2.50 bits per heavy atom. The monoisotopic (exact) mass is 222 g/mol. The van der Waals surface area contributed by atoms with Crippen LogP contribution in [0.5, 0.6) is 0 Å². The van der Waals surface area contributed by atoms with Crippen LogP contribution in [0.25, 0.3) is 0 Å². The average Bonchev–Trinajstić information content (AvgIpc) is 2.25. The lowest BCUT2D eigenvalue weighted by atomic mass is 10.1. The molecular formula is C12H18N2O2. The van der Waals surface area contributed by atoms with Gasteiger partial charge in [-0.05, 0) is 19.4 Å². The zero-order valence-corrected chi connectivity index (χ0v) is 9.66. The number of carbonyl (C=O) groups excluding carboxylic acids is 1. The number of hydrogen-bond donors (Lipinski definition) is 3. The van der Waals surface area contributed by atoms with Crippen molar-refractivity contribution in [2.45, 2.75) is 26.5 Å². The molecule has 0 aliphatic heterocycles. The third-order valence-corrected chi connectivity index (χ3v) is 2.13. The maximum atomic E-state index is 11.3. The largest absolute Gasteiger partial charge is 0.392 e. The standard InChI is InChI=1S/C12H18N2O2/c1-9-3-5-11(6-4-9)8-14-12(16)13-7-10(2)15/h3-6,10,15H,7-8H2,1-2H3,(H2,13,14,16). The quantitative estimate of drug-likeness (QED) is 0.716. The maximum Gasteiger partial charge on any atom is 0.315 e. The van der Waals surface area contributed by atoms with Gasteiger partial charge in [0.1, 0.15) is 0 Å². The highest BCUT2D eigenvalue weighted by Crippen LogP contribution is 2.02. The van der Waals surface area contributed by atoms with Crippen molar-refractivity contribution in [1.29, 1.82) is 0 Å². The van der Waals surface area contributed by atoms with Crippen LogP contribution in [0.3, 0.4) is 0 Å². The number of aliphatic hydroxyl groups excluding tert-OH is 1. The second-order valence-corrected chi connectivity index (χ2v) is 3.90. The van der Waals surface area contributed by atoms with Gasteiger partial charge >= 0.3 is 6.03 Å². The fourth-order valence-corrected chi connectivity index (χ4v) is 1.19. The molecule has 1 rings (SSSR count). The molecule has 1 aromatic rings. The summed E-state index contributed by atoms with van der Waals surface area (Å²) in [6, 6.07) is 7.70. The molecule has 4 nitrogen and oxygen atoms in total. The SMILES string of the molecule is Cc1ccc(CNC(=O)NCC(C)O)cc1. The fraction of sp³-hybridized carbons (Fsp3) is 0.417. The van der Waals surface area contributed by atoms with E-state index in [1.807, 2.05) is 31.2 Å². The van der Waals surface area contributed by atoms with Crippen LogP contribution in [0.1, 0.15) is 18.1 Å². The number of nitrogens with one attached hydrogen (secondary N) is 2. The highest BCUT2D eigenvalue weighted by atomic mass is 16.3. The Balaban J connectivity index is 2.29. The molecule has 16 heavy (non-hydrogen) atoms. The van der Waals surface area contributed by atoms with Crippen molar-refractivity contribution in [3.05, 3.63) is 35.4 Å². The molecule has 0 radical (unpaired) electrons. The smallest absolute Gasteiger partial charge is 0.315 e. The van der Waals surface area contributed by atoms with Gasteiger partial charge in [-0.25, -0.2) is 4.79 Å². The van der Waals surface area contributed by atoms with Crippen molar-refractivity contribution >= 4 is 6.03 Å². The number of hydrogen-bond acceptors (Lipinski definition) is 2. The number of benzene rings is 1. The van der Waals surface area contributed by atoms with Crippen LogP contribution in [0.15, 0.2) is 24.3 Å². The summed E-state index contributed by atoms with van der Waals surface area (Å²) in [4.78, 5) is 11.3. The molecule has 3 N–H and O–H groups in total. The van der Waals surface area contributed by atoms with Gasteiger partial charge in [0.2, 0.25) is 0 Å². The van der Waals surface area contributed by atoms with E-state index in [0.29, 0.717) is 6.54 Å². The molecule has 0 fully saturated rings. The minimum atomic E-state index is -0.523. The van der Waals surface area contributed by atoms with Crippen LogP contribution in [-0.2, 0) is 6.54 Å². The van der Waals surface area contributed by atoms with E-state index in [1.54, 1.807) is 6.92 Å². The Kier molecular flexibility index (Phi) is 4.79. The molecular weight excluding hydrogens is 204 g/mol. The fourth-order valence-electron chi connectivity index (χ4n) is 1.19. The first-order valence-corrected chi connectivity index (χ1v) is 5.33. The van der Waals surface area contributed by atoms with E-state index < -0.39 is 6.10 Å². The van der Waals surface area contributed by atoms with Gasteiger partial charge in [0.25, 0.3) is 0 Å². The number of urea groups is 1. The van der Waals surface area contributed by atoms with Gasteiger partial charge in [0.15, 0.2) is 0 Å². The predicted molar refractivity (Wildman–Crippen MR) is 63.1 cm³/mol. The Hall–Kier alpha value is -1.55. The first-order valence-electron chi connectivity index (χ1n) is 5.33. The van der Waals surface area contributed by atoms with Gasteiger partial charge in [-0.15, -0.1) is 0 Å². The number of amides is 2. The van der Waals surface area contributed by atoms with Gasteiger partial charge < -0.3 is 15.7 Å². The van der Waals surface area contributed by atoms with E-state index in [0.717, 1.165) is 5.56 Å². The molecule has 1 aromatic carbocycles. The highest BCUT2D eigenvalue weighted by Gasteiger charge is 2.01. The lowest BCUT2D eigenvalue weighted by Crippen LogP contribution is -2.38. The molecule has 0 aliphatic rings. The van der Waals surface area contributed by atoms with Gasteiger partial charge in [0, 0.05) is 13.1 Å². The molecule has 4 heteroatoms. The van der Waals surface area contributed by atoms with E-state index in [9.17, 15) is 4.79 Å². The summed E-state index contributed by atoms with van der Waals surface area (Å²) in [6.45, 7) is 4.40. The van der Waals surface area contributed by atoms with E-state index in [4.69, 9.17) is 5.11 Å². The van der Waals surface area contributed by atoms with E-state index in [1.165, 1.54) is 5.56 Å². The second kappa shape index (κ2) is 6.12. The first-order chi connectivity index (χ1) is 7.58. The normalized spacial score (nSPS) is 11.9. The minimum Gasteiger partial charge on any atom is -0.392 e. The molecule has 1 unspecified atom stereocenters. The predicted octanol–water partition coefficient (Wildman–Crippen LogP) is 1.18. The number of aliphatic hydroxyl groups is 1. The molecule has 0 spiro atoms. The molecule has 0 aromatic heterocycles. The molecule has 88 valence electrons. The van der Waals surface area contributed by atoms with Crippen LogP contribution in [0.4, 0.5) is 4.79 Å². The summed E-state index contributed by atoms with van der Waals surface area (Å²) < 4.78 is 0. The van der Waals surface area contributed by atoms with Gasteiger partial charge in [-0.2, -0.15) is 0 Å². The van der Waals surface area contributed by atoms with Gasteiger partial charge in [-0.3, -0.25) is 0 Å². The van der Waals surface area contributed by atoms with Crippen LogP contribution >= 0.6 is 0 Å². The van der Waals surface area contributed by atoms with Crippen molar-refractivity contribution in [1.82, 2.24) is 10.6 Å². The van der Waals surface area contributed by atoms with E-state index >= 15 is 0 Å². The van der Waals surface area contributed by atoms with E-state index in [-0.39, 0.29) is 12.6 Å². The minimum absolute atomic E-state index is 0.263. The van der Waals surface area contributed by atoms with E-state index in [2.05, 4.69) is 10.6 Å². The van der Waals surface area contributed by atoms with Crippen molar-refractivity contribution in [3.8, 4) is 0 Å². The third kappa shape index (κ3) is 4.79. The van der Waals surface area contributed by atoms with Crippen LogP contribution in [0, 0.1) is 6.92 Å². The van der Waals surface area contributed by atoms with Crippen molar-refractivity contribution in [3.63, 3.8) is 0 Å². The van der Waals surface area contributed by atoms with Crippen LogP contribution < -0.4 is 10.6 Å². The highest BCUT2D eigenvalue weighted by molar-refractivity contribution is 5.73. The molecule has 1 atom stereocenters. The Morgan fingerprint density at radius 1 is 1.31 bits per heavy atom. The molecule has 0 saturated carbocycles. The summed E-state index contributed by atoms with van der Waals surface area (Å²) in [6.07, 6.45) is -0.523. The van der Waals surface area contributed by atoms with Crippen LogP contribution in [-0.4, -0.2) is 23.8 Å². The molecule has 2 amide bonds. The summed E-state index contributed by atoms with van der Waals surface area (Å²) >= 11 is 0. The summed E-state index contributed by atoms with van der Waals surface area (Å²) in [5, 5.41) is 14.3. The number of rotatable bonds is 4. The maximum absolute atomic E-state index is 11.3. The third-order valence-electron chi connectivity index (χ3n) is 2.13. The summed E-state index contributed by atoms with van der Waals surface area (Å²) in [7, 11) is 0.